The number of allylic oxidation sites excluding steroid dienone is 1. The molecule has 1 saturated carbocycles. The fourth-order valence-electron chi connectivity index (χ4n) is 4.07. The molecule has 1 amide bonds. The number of piperidine rings is 1. The molecule has 1 aliphatic carbocycles. The predicted molar refractivity (Wildman–Crippen MR) is 144 cm³/mol. The lowest BCUT2D eigenvalue weighted by atomic mass is 9.87. The van der Waals surface area contributed by atoms with Gasteiger partial charge in [-0.25, -0.2) is 4.99 Å². The average molecular weight is 479 g/mol. The number of nitrogens with one attached hydrogen (secondary N) is 3. The van der Waals surface area contributed by atoms with Gasteiger partial charge in [-0.1, -0.05) is 24.8 Å². The summed E-state index contributed by atoms with van der Waals surface area (Å²) in [6, 6.07) is 10.5. The number of anilines is 3. The summed E-state index contributed by atoms with van der Waals surface area (Å²) < 4.78 is 0. The van der Waals surface area contributed by atoms with Gasteiger partial charge in [-0.05, 0) is 63.1 Å². The summed E-state index contributed by atoms with van der Waals surface area (Å²) in [6.07, 6.45) is 5.33. The molecule has 2 aromatic rings. The van der Waals surface area contributed by atoms with Crippen LogP contribution in [0.25, 0.3) is 0 Å². The number of aliphatic imine (C=N–C) groups is 1. The third-order valence-electron chi connectivity index (χ3n) is 6.27. The zero-order valence-electron chi connectivity index (χ0n) is 19.9. The number of para-hydroxylation sites is 2. The molecule has 7 nitrogen and oxygen atoms in total. The highest BCUT2D eigenvalue weighted by Gasteiger charge is 2.40. The molecule has 0 bridgehead atoms. The van der Waals surface area contributed by atoms with Crippen LogP contribution in [0.2, 0.25) is 0 Å². The molecule has 180 valence electrons. The van der Waals surface area contributed by atoms with Crippen LogP contribution < -0.4 is 26.6 Å². The van der Waals surface area contributed by atoms with Crippen molar-refractivity contribution >= 4 is 40.1 Å². The van der Waals surface area contributed by atoms with Crippen LogP contribution in [0.3, 0.4) is 0 Å². The molecule has 5 N–H and O–H groups in total. The lowest BCUT2D eigenvalue weighted by molar-refractivity contribution is -0.127. The quantitative estimate of drug-likeness (QED) is 0.251. The number of amidine groups is 1. The Morgan fingerprint density at radius 2 is 1.97 bits per heavy atom. The van der Waals surface area contributed by atoms with Gasteiger partial charge in [0.2, 0.25) is 5.91 Å². The van der Waals surface area contributed by atoms with E-state index in [1.165, 1.54) is 0 Å². The summed E-state index contributed by atoms with van der Waals surface area (Å²) in [5, 5.41) is 13.9. The molecule has 4 rings (SSSR count). The molecular weight excluding hydrogens is 444 g/mol. The Labute approximate surface area is 205 Å². The molecular formula is C26H34N6OS. The Hall–Kier alpha value is -3.10. The van der Waals surface area contributed by atoms with Gasteiger partial charge in [-0.15, -0.1) is 0 Å². The molecule has 0 atom stereocenters. The Balaban J connectivity index is 1.41. The smallest absolute Gasteiger partial charge is 0.240 e. The number of nitrogens with two attached hydrogens (primary N) is 1. The second-order valence-electron chi connectivity index (χ2n) is 9.02. The van der Waals surface area contributed by atoms with Crippen molar-refractivity contribution in [2.45, 2.75) is 51.1 Å². The fourth-order valence-corrected chi connectivity index (χ4v) is 4.66. The van der Waals surface area contributed by atoms with E-state index < -0.39 is 5.54 Å². The lowest BCUT2D eigenvalue weighted by Crippen LogP contribution is -2.60. The maximum atomic E-state index is 12.6. The van der Waals surface area contributed by atoms with Crippen molar-refractivity contribution in [2.24, 2.45) is 10.7 Å². The molecule has 0 unspecified atom stereocenters. The number of rotatable bonds is 8. The second-order valence-corrected chi connectivity index (χ2v) is 9.80. The Morgan fingerprint density at radius 3 is 2.62 bits per heavy atom. The molecule has 1 aromatic heterocycles. The maximum absolute atomic E-state index is 12.6. The van der Waals surface area contributed by atoms with E-state index >= 15 is 0 Å². The van der Waals surface area contributed by atoms with Crippen LogP contribution >= 0.6 is 11.3 Å². The summed E-state index contributed by atoms with van der Waals surface area (Å²) in [4.78, 5) is 19.6. The van der Waals surface area contributed by atoms with Crippen molar-refractivity contribution in [2.75, 3.05) is 28.6 Å². The summed E-state index contributed by atoms with van der Waals surface area (Å²) in [6.45, 7) is 9.57. The molecule has 34 heavy (non-hydrogen) atoms. The van der Waals surface area contributed by atoms with Gasteiger partial charge >= 0.3 is 0 Å². The van der Waals surface area contributed by atoms with Gasteiger partial charge in [0.15, 0.2) is 0 Å². The summed E-state index contributed by atoms with van der Waals surface area (Å²) in [7, 11) is 0. The van der Waals surface area contributed by atoms with Crippen molar-refractivity contribution in [3.63, 3.8) is 0 Å². The number of hydrogen-bond donors (Lipinski definition) is 4. The molecule has 0 radical (unpaired) electrons. The predicted octanol–water partition coefficient (Wildman–Crippen LogP) is 4.68. The zero-order valence-corrected chi connectivity index (χ0v) is 20.8. The van der Waals surface area contributed by atoms with Gasteiger partial charge in [0.05, 0.1) is 34.0 Å². The maximum Gasteiger partial charge on any atom is 0.240 e. The summed E-state index contributed by atoms with van der Waals surface area (Å²) in [5.74, 6) is 0.791. The number of amides is 1. The van der Waals surface area contributed by atoms with Gasteiger partial charge in [0.1, 0.15) is 5.84 Å². The van der Waals surface area contributed by atoms with Crippen molar-refractivity contribution in [3.05, 3.63) is 65.1 Å². The minimum absolute atomic E-state index is 0.00328. The van der Waals surface area contributed by atoms with Crippen molar-refractivity contribution < 1.29 is 4.79 Å². The van der Waals surface area contributed by atoms with Crippen molar-refractivity contribution in [1.29, 1.82) is 0 Å². The van der Waals surface area contributed by atoms with Crippen LogP contribution in [0.4, 0.5) is 17.1 Å². The van der Waals surface area contributed by atoms with E-state index in [1.54, 1.807) is 11.3 Å². The minimum Gasteiger partial charge on any atom is -0.370 e. The average Bonchev–Trinajstić information content (AvgIpc) is 3.50. The number of carbonyl (C=O) groups is 1. The van der Waals surface area contributed by atoms with E-state index in [4.69, 9.17) is 10.7 Å². The number of hydrogen-bond acceptors (Lipinski definition) is 6. The molecule has 1 saturated heterocycles. The van der Waals surface area contributed by atoms with Gasteiger partial charge in [-0.3, -0.25) is 4.79 Å². The molecule has 1 aromatic carbocycles. The van der Waals surface area contributed by atoms with Crippen LogP contribution in [-0.2, 0) is 4.79 Å². The van der Waals surface area contributed by atoms with E-state index in [0.717, 1.165) is 60.2 Å². The third kappa shape index (κ3) is 5.87. The normalized spacial score (nSPS) is 18.4. The highest BCUT2D eigenvalue weighted by atomic mass is 32.1. The second kappa shape index (κ2) is 10.4. The molecule has 0 spiro atoms. The van der Waals surface area contributed by atoms with Gasteiger partial charge in [-0.2, -0.15) is 11.3 Å². The molecule has 2 fully saturated rings. The molecule has 1 aliphatic heterocycles. The van der Waals surface area contributed by atoms with Crippen LogP contribution in [0.5, 0.6) is 0 Å². The first-order valence-corrected chi connectivity index (χ1v) is 12.7. The van der Waals surface area contributed by atoms with E-state index in [9.17, 15) is 4.79 Å². The fraction of sp³-hybridized carbons (Fsp3) is 0.385. The highest BCUT2D eigenvalue weighted by molar-refractivity contribution is 7.08. The van der Waals surface area contributed by atoms with Crippen LogP contribution in [-0.4, -0.2) is 36.4 Å². The van der Waals surface area contributed by atoms with Crippen molar-refractivity contribution in [3.8, 4) is 0 Å². The number of thiophene rings is 1. The highest BCUT2D eigenvalue weighted by Crippen LogP contribution is 2.32. The van der Waals surface area contributed by atoms with E-state index in [-0.39, 0.29) is 5.91 Å². The van der Waals surface area contributed by atoms with Crippen molar-refractivity contribution in [1.82, 2.24) is 5.32 Å². The monoisotopic (exact) mass is 478 g/mol. The minimum atomic E-state index is -0.787. The largest absolute Gasteiger partial charge is 0.370 e. The number of carbonyl (C=O) groups excluding carboxylic acids is 1. The molecule has 8 heteroatoms. The molecule has 2 heterocycles. The van der Waals surface area contributed by atoms with Gasteiger partial charge < -0.3 is 26.6 Å². The Morgan fingerprint density at radius 1 is 1.24 bits per heavy atom. The molecule has 2 aliphatic rings. The number of nitrogens with zero attached hydrogens (tertiary/aromatic N) is 2. The lowest BCUT2D eigenvalue weighted by Gasteiger charge is -2.39. The third-order valence-corrected chi connectivity index (χ3v) is 6.95. The standard InChI is InChI=1S/C26H34N6OS/c1-4-22(30-19(3)29-21-11-16-34-17-21)18(2)28-23-7-5-6-8-24(23)32-14-12-26(27,13-15-32)25(33)31-20-9-10-20/h4-8,11,16-17,20,28H,2,9-10,12-15,27H2,1,3H3,(H,29,30)(H,31,33)/b22-4-. The Kier molecular flexibility index (Phi) is 7.38. The van der Waals surface area contributed by atoms with Gasteiger partial charge in [0.25, 0.3) is 0 Å². The van der Waals surface area contributed by atoms with Crippen LogP contribution in [0, 0.1) is 0 Å². The van der Waals surface area contributed by atoms with Crippen LogP contribution in [0.15, 0.2) is 70.1 Å². The SMILES string of the molecule is C=C(Nc1ccccc1N1CCC(N)(C(=O)NC2CC2)CC1)/C(=C/C)N=C(C)Nc1ccsc1. The van der Waals surface area contributed by atoms with E-state index in [0.29, 0.717) is 18.9 Å². The first-order valence-electron chi connectivity index (χ1n) is 11.8. The van der Waals surface area contributed by atoms with Gasteiger partial charge in [0, 0.05) is 24.5 Å². The summed E-state index contributed by atoms with van der Waals surface area (Å²) in [5.41, 5.74) is 10.2. The first-order chi connectivity index (χ1) is 16.4. The topological polar surface area (TPSA) is 94.8 Å². The number of benzene rings is 1. The Bertz CT molecular complexity index is 1080. The summed E-state index contributed by atoms with van der Waals surface area (Å²) >= 11 is 1.64. The van der Waals surface area contributed by atoms with E-state index in [2.05, 4.69) is 33.5 Å². The first kappa shape index (κ1) is 24.0. The van der Waals surface area contributed by atoms with E-state index in [1.807, 2.05) is 54.9 Å². The van der Waals surface area contributed by atoms with Crippen LogP contribution in [0.1, 0.15) is 39.5 Å². The zero-order chi connectivity index (χ0) is 24.1.